The highest BCUT2D eigenvalue weighted by atomic mass is 127. The molecule has 16 heavy (non-hydrogen) atoms. The molecule has 7 heteroatoms. The molecule has 1 aromatic heterocycles. The first kappa shape index (κ1) is 11.8. The molecule has 1 fully saturated rings. The van der Waals surface area contributed by atoms with Gasteiger partial charge in [0, 0.05) is 6.20 Å². The molecule has 0 aliphatic carbocycles. The number of nitrogens with two attached hydrogens (primary N) is 1. The van der Waals surface area contributed by atoms with E-state index in [1.807, 2.05) is 22.6 Å². The molecule has 1 aromatic rings. The molecule has 3 atom stereocenters. The Morgan fingerprint density at radius 3 is 3.00 bits per heavy atom. The average molecular weight is 337 g/mol. The van der Waals surface area contributed by atoms with Gasteiger partial charge in [-0.1, -0.05) is 0 Å². The lowest BCUT2D eigenvalue weighted by Crippen LogP contribution is -2.28. The van der Waals surface area contributed by atoms with E-state index >= 15 is 0 Å². The number of ether oxygens (including phenoxy) is 1. The van der Waals surface area contributed by atoms with Crippen molar-refractivity contribution in [2.45, 2.75) is 29.3 Å². The van der Waals surface area contributed by atoms with Gasteiger partial charge in [-0.2, -0.15) is 4.98 Å². The highest BCUT2D eigenvalue weighted by Crippen LogP contribution is 2.30. The Bertz CT molecular complexity index is 434. The number of nitrogens with zero attached hydrogens (tertiary/aromatic N) is 2. The van der Waals surface area contributed by atoms with Crippen LogP contribution in [0.25, 0.3) is 0 Å². The fourth-order valence-corrected chi connectivity index (χ4v) is 2.23. The molecule has 0 spiro atoms. The summed E-state index contributed by atoms with van der Waals surface area (Å²) in [5.41, 5.74) is 4.97. The Hall–Kier alpha value is -0.670. The molecule has 6 nitrogen and oxygen atoms in total. The van der Waals surface area contributed by atoms with E-state index in [1.165, 1.54) is 4.57 Å². The second-order valence-electron chi connectivity index (χ2n) is 3.62. The van der Waals surface area contributed by atoms with Crippen LogP contribution in [-0.2, 0) is 4.74 Å². The normalized spacial score (nSPS) is 26.9. The zero-order valence-corrected chi connectivity index (χ0v) is 10.6. The molecule has 1 aliphatic heterocycles. The van der Waals surface area contributed by atoms with Crippen molar-refractivity contribution in [3.05, 3.63) is 22.7 Å². The fourth-order valence-electron chi connectivity index (χ4n) is 1.70. The van der Waals surface area contributed by atoms with Crippen LogP contribution in [0, 0.1) is 0 Å². The molecule has 1 aliphatic rings. The molecule has 3 N–H and O–H groups in total. The number of nitrogen functional groups attached to an aromatic ring is 1. The van der Waals surface area contributed by atoms with Crippen LogP contribution < -0.4 is 11.4 Å². The number of aliphatic hydroxyl groups is 1. The molecule has 0 aromatic carbocycles. The second kappa shape index (κ2) is 4.68. The van der Waals surface area contributed by atoms with Gasteiger partial charge in [-0.3, -0.25) is 4.57 Å². The van der Waals surface area contributed by atoms with Gasteiger partial charge in [-0.15, -0.1) is 0 Å². The lowest BCUT2D eigenvalue weighted by atomic mass is 10.2. The maximum atomic E-state index is 11.5. The van der Waals surface area contributed by atoms with Gasteiger partial charge >= 0.3 is 5.69 Å². The summed E-state index contributed by atoms with van der Waals surface area (Å²) in [6.07, 6.45) is 2.41. The van der Waals surface area contributed by atoms with E-state index in [2.05, 4.69) is 4.98 Å². The molecule has 0 amide bonds. The largest absolute Gasteiger partial charge is 0.383 e. The fraction of sp³-hybridized carbons (Fsp3) is 0.556. The van der Waals surface area contributed by atoms with Crippen molar-refractivity contribution in [3.63, 3.8) is 0 Å². The van der Waals surface area contributed by atoms with Crippen molar-refractivity contribution in [2.75, 3.05) is 5.73 Å². The molecule has 2 rings (SSSR count). The SMILES string of the molecule is Nc1ccn([C@H]2CC[C@@H](C(O)I)O2)c(=O)n1. The van der Waals surface area contributed by atoms with Crippen molar-refractivity contribution >= 4 is 28.4 Å². The molecule has 0 radical (unpaired) electrons. The molecule has 1 unspecified atom stereocenters. The van der Waals surface area contributed by atoms with Crippen LogP contribution in [0.15, 0.2) is 17.1 Å². The summed E-state index contributed by atoms with van der Waals surface area (Å²) in [6, 6.07) is 1.55. The highest BCUT2D eigenvalue weighted by Gasteiger charge is 2.30. The maximum absolute atomic E-state index is 11.5. The van der Waals surface area contributed by atoms with Gasteiger partial charge < -0.3 is 15.6 Å². The van der Waals surface area contributed by atoms with Gasteiger partial charge in [-0.25, -0.2) is 4.79 Å². The molecule has 0 saturated carbocycles. The van der Waals surface area contributed by atoms with Crippen LogP contribution in [0.3, 0.4) is 0 Å². The Morgan fingerprint density at radius 2 is 2.44 bits per heavy atom. The minimum Gasteiger partial charge on any atom is -0.383 e. The average Bonchev–Trinajstić information content (AvgIpc) is 2.66. The summed E-state index contributed by atoms with van der Waals surface area (Å²) in [5, 5.41) is 9.37. The van der Waals surface area contributed by atoms with Crippen molar-refractivity contribution in [2.24, 2.45) is 0 Å². The van der Waals surface area contributed by atoms with Crippen molar-refractivity contribution in [1.82, 2.24) is 9.55 Å². The van der Waals surface area contributed by atoms with E-state index in [4.69, 9.17) is 10.5 Å². The van der Waals surface area contributed by atoms with E-state index in [9.17, 15) is 9.90 Å². The number of halogens is 1. The van der Waals surface area contributed by atoms with E-state index < -0.39 is 9.80 Å². The first-order chi connectivity index (χ1) is 7.58. The quantitative estimate of drug-likeness (QED) is 0.597. The standard InChI is InChI=1S/C9H12IN3O3/c10-8(14)5-1-2-7(16-5)13-4-3-6(11)12-9(13)15/h3-5,7-8,14H,1-2H2,(H2,11,12,15)/t5-,7+,8?/m0/s1. The van der Waals surface area contributed by atoms with Gasteiger partial charge in [-0.05, 0) is 41.5 Å². The molecule has 1 saturated heterocycles. The number of aromatic nitrogens is 2. The second-order valence-corrected chi connectivity index (χ2v) is 4.90. The predicted molar refractivity (Wildman–Crippen MR) is 66.1 cm³/mol. The molecular formula is C9H12IN3O3. The monoisotopic (exact) mass is 337 g/mol. The Balaban J connectivity index is 2.18. The van der Waals surface area contributed by atoms with E-state index in [0.717, 1.165) is 6.42 Å². The zero-order chi connectivity index (χ0) is 11.7. The van der Waals surface area contributed by atoms with Crippen LogP contribution in [0.5, 0.6) is 0 Å². The molecule has 88 valence electrons. The number of anilines is 1. The van der Waals surface area contributed by atoms with E-state index in [1.54, 1.807) is 12.3 Å². The summed E-state index contributed by atoms with van der Waals surface area (Å²) in [7, 11) is 0. The Kier molecular flexibility index (Phi) is 3.45. The van der Waals surface area contributed by atoms with Crippen LogP contribution in [0.1, 0.15) is 19.1 Å². The third kappa shape index (κ3) is 2.36. The lowest BCUT2D eigenvalue weighted by Gasteiger charge is -2.16. The van der Waals surface area contributed by atoms with Gasteiger partial charge in [0.2, 0.25) is 0 Å². The topological polar surface area (TPSA) is 90.4 Å². The highest BCUT2D eigenvalue weighted by molar-refractivity contribution is 14.1. The van der Waals surface area contributed by atoms with Gasteiger partial charge in [0.15, 0.2) is 0 Å². The van der Waals surface area contributed by atoms with Gasteiger partial charge in [0.25, 0.3) is 0 Å². The number of hydrogen-bond donors (Lipinski definition) is 2. The van der Waals surface area contributed by atoms with Crippen molar-refractivity contribution in [3.8, 4) is 0 Å². The number of rotatable bonds is 2. The van der Waals surface area contributed by atoms with Crippen LogP contribution in [0.2, 0.25) is 0 Å². The summed E-state index contributed by atoms with van der Waals surface area (Å²) in [4.78, 5) is 15.2. The molecular weight excluding hydrogens is 325 g/mol. The van der Waals surface area contributed by atoms with E-state index in [-0.39, 0.29) is 18.1 Å². The smallest absolute Gasteiger partial charge is 0.351 e. The van der Waals surface area contributed by atoms with Crippen molar-refractivity contribution in [1.29, 1.82) is 0 Å². The van der Waals surface area contributed by atoms with Crippen molar-refractivity contribution < 1.29 is 9.84 Å². The van der Waals surface area contributed by atoms with Crippen LogP contribution in [0.4, 0.5) is 5.82 Å². The summed E-state index contributed by atoms with van der Waals surface area (Å²) in [5.74, 6) is 0.199. The van der Waals surface area contributed by atoms with Gasteiger partial charge in [0.1, 0.15) is 16.2 Å². The summed E-state index contributed by atoms with van der Waals surface area (Å²) < 4.78 is 6.40. The maximum Gasteiger partial charge on any atom is 0.351 e. The van der Waals surface area contributed by atoms with E-state index in [0.29, 0.717) is 6.42 Å². The van der Waals surface area contributed by atoms with Crippen LogP contribution >= 0.6 is 22.6 Å². The first-order valence-corrected chi connectivity index (χ1v) is 6.15. The number of alkyl halides is 1. The molecule has 0 bridgehead atoms. The third-order valence-electron chi connectivity index (χ3n) is 2.50. The van der Waals surface area contributed by atoms with Gasteiger partial charge in [0.05, 0.1) is 6.10 Å². The minimum absolute atomic E-state index is 0.199. The number of hydrogen-bond acceptors (Lipinski definition) is 5. The first-order valence-electron chi connectivity index (χ1n) is 4.90. The number of aliphatic hydroxyl groups excluding tert-OH is 1. The zero-order valence-electron chi connectivity index (χ0n) is 8.41. The predicted octanol–water partition coefficient (Wildman–Crippen LogP) is 0.257. The Labute approximate surface area is 106 Å². The lowest BCUT2D eigenvalue weighted by molar-refractivity contribution is -0.0299. The molecule has 2 heterocycles. The summed E-state index contributed by atoms with van der Waals surface area (Å²) >= 11 is 1.90. The third-order valence-corrected chi connectivity index (χ3v) is 3.30. The Morgan fingerprint density at radius 1 is 1.69 bits per heavy atom. The summed E-state index contributed by atoms with van der Waals surface area (Å²) in [6.45, 7) is 0. The minimum atomic E-state index is -0.556. The van der Waals surface area contributed by atoms with Crippen LogP contribution in [-0.4, -0.2) is 24.9 Å².